The van der Waals surface area contributed by atoms with Crippen LogP contribution < -0.4 is 0 Å². The van der Waals surface area contributed by atoms with Crippen molar-refractivity contribution in [1.82, 2.24) is 0 Å². The predicted molar refractivity (Wildman–Crippen MR) is 96.5 cm³/mol. The molecule has 0 saturated heterocycles. The molecule has 3 unspecified atom stereocenters. The first kappa shape index (κ1) is 31.6. The van der Waals surface area contributed by atoms with E-state index in [1.54, 1.807) is 0 Å². The van der Waals surface area contributed by atoms with Gasteiger partial charge in [0.15, 0.2) is 0 Å². The summed E-state index contributed by atoms with van der Waals surface area (Å²) in [4.78, 5) is 120. The van der Waals surface area contributed by atoms with Gasteiger partial charge in [0.1, 0.15) is 12.0 Å². The van der Waals surface area contributed by atoms with Crippen molar-refractivity contribution < 1.29 is 92.8 Å². The van der Waals surface area contributed by atoms with Gasteiger partial charge in [-0.25, -0.2) is 58.1 Å². The summed E-state index contributed by atoms with van der Waals surface area (Å²) in [5, 5.41) is 28.1. The Kier molecular flexibility index (Phi) is 15.8. The first-order valence-electron chi connectivity index (χ1n) is 9.43. The van der Waals surface area contributed by atoms with E-state index < -0.39 is 92.7 Å². The van der Waals surface area contributed by atoms with E-state index in [0.29, 0.717) is 0 Å². The molecule has 19 nitrogen and oxygen atoms in total. The first-order chi connectivity index (χ1) is 17.0. The fourth-order valence-corrected chi connectivity index (χ4v) is 1.90. The summed E-state index contributed by atoms with van der Waals surface area (Å²) in [6.07, 6.45) is -7.79. The van der Waals surface area contributed by atoms with Crippen LogP contribution in [-0.4, -0.2) is 82.9 Å². The van der Waals surface area contributed by atoms with Gasteiger partial charge in [0.05, 0.1) is 44.8 Å². The lowest BCUT2D eigenvalue weighted by molar-refractivity contribution is -0.266. The van der Waals surface area contributed by atoms with E-state index in [0.717, 1.165) is 0 Å². The number of aliphatic hydroxyl groups excluding tert-OH is 3. The Morgan fingerprint density at radius 1 is 0.611 bits per heavy atom. The summed E-state index contributed by atoms with van der Waals surface area (Å²) < 4.78 is 0. The van der Waals surface area contributed by atoms with Crippen LogP contribution in [0, 0.1) is 5.92 Å². The molecule has 0 spiro atoms. The van der Waals surface area contributed by atoms with Crippen molar-refractivity contribution in [2.75, 3.05) is 6.61 Å². The number of carbonyl (C=O) groups excluding carboxylic acids is 8. The van der Waals surface area contributed by atoms with Crippen LogP contribution >= 0.6 is 0 Å². The van der Waals surface area contributed by atoms with Gasteiger partial charge in [-0.2, -0.15) is 0 Å². The third-order valence-electron chi connectivity index (χ3n) is 3.55. The average molecular weight is 528 g/mol. The van der Waals surface area contributed by atoms with Gasteiger partial charge in [0.2, 0.25) is 0 Å². The molecular weight excluding hydrogens is 508 g/mol. The molecule has 0 aliphatic heterocycles. The van der Waals surface area contributed by atoms with Crippen molar-refractivity contribution in [1.29, 1.82) is 0 Å². The van der Waals surface area contributed by atoms with Crippen molar-refractivity contribution in [3.63, 3.8) is 0 Å². The van der Waals surface area contributed by atoms with Gasteiger partial charge in [-0.05, 0) is 0 Å². The van der Waals surface area contributed by atoms with Gasteiger partial charge in [0.25, 0.3) is 0 Å². The zero-order chi connectivity index (χ0) is 27.5. The molecule has 0 saturated carbocycles. The van der Waals surface area contributed by atoms with Crippen LogP contribution in [0.3, 0.4) is 0 Å². The highest BCUT2D eigenvalue weighted by Gasteiger charge is 2.37. The molecule has 19 heteroatoms. The van der Waals surface area contributed by atoms with E-state index in [9.17, 15) is 48.6 Å². The number of rotatable bonds is 16. The largest absolute Gasteiger partial charge is 0.394 e. The highest BCUT2D eigenvalue weighted by molar-refractivity contribution is 5.82. The number of hydrogen-bond acceptors (Lipinski definition) is 19. The number of aliphatic hydroxyl groups is 3. The molecule has 0 amide bonds. The lowest BCUT2D eigenvalue weighted by Crippen LogP contribution is -2.41. The normalized spacial score (nSPS) is 12.4. The highest BCUT2D eigenvalue weighted by Crippen LogP contribution is 2.16. The molecule has 3 atom stereocenters. The minimum atomic E-state index is -2.09. The van der Waals surface area contributed by atoms with Crippen molar-refractivity contribution in [3.8, 4) is 0 Å². The second-order valence-corrected chi connectivity index (χ2v) is 6.12. The topological polar surface area (TPSA) is 271 Å². The van der Waals surface area contributed by atoms with Crippen LogP contribution in [0.15, 0.2) is 0 Å². The monoisotopic (exact) mass is 528 g/mol. The Labute approximate surface area is 199 Å². The Balaban J connectivity index is 4.40. The molecule has 0 aliphatic carbocycles. The van der Waals surface area contributed by atoms with Crippen LogP contribution in [0.25, 0.3) is 0 Å². The van der Waals surface area contributed by atoms with Crippen LogP contribution in [-0.2, 0) is 77.5 Å². The maximum Gasteiger partial charge on any atom is 0.361 e. The lowest BCUT2D eigenvalue weighted by atomic mass is 9.95. The third kappa shape index (κ3) is 14.0. The molecule has 0 radical (unpaired) electrons. The summed E-state index contributed by atoms with van der Waals surface area (Å²) in [5.41, 5.74) is 0. The first-order valence-corrected chi connectivity index (χ1v) is 9.43. The molecular formula is C17H20O19. The van der Waals surface area contributed by atoms with Crippen LogP contribution in [0.2, 0.25) is 0 Å². The van der Waals surface area contributed by atoms with Crippen molar-refractivity contribution in [2.24, 2.45) is 5.92 Å². The van der Waals surface area contributed by atoms with Crippen molar-refractivity contribution in [3.05, 3.63) is 0 Å². The fourth-order valence-electron chi connectivity index (χ4n) is 1.90. The SMILES string of the molecule is O=COOC(=O)CCC(=O)OOC(=O)CCC(=O)OOC(=O)CC(C(=O)OOC=O)C(O)C(O)CO. The maximum absolute atomic E-state index is 11.8. The molecule has 0 aromatic heterocycles. The quantitative estimate of drug-likeness (QED) is 0.0996. The van der Waals surface area contributed by atoms with Crippen molar-refractivity contribution in [2.45, 2.75) is 44.3 Å². The van der Waals surface area contributed by atoms with Crippen LogP contribution in [0.1, 0.15) is 32.1 Å². The molecule has 0 aromatic carbocycles. The summed E-state index contributed by atoms with van der Waals surface area (Å²) in [7, 11) is 0. The Morgan fingerprint density at radius 2 is 1.00 bits per heavy atom. The molecule has 0 heterocycles. The van der Waals surface area contributed by atoms with E-state index in [4.69, 9.17) is 5.11 Å². The van der Waals surface area contributed by atoms with Gasteiger partial charge in [-0.3, -0.25) is 19.4 Å². The van der Waals surface area contributed by atoms with Gasteiger partial charge in [0, 0.05) is 0 Å². The number of carbonyl (C=O) groups is 8. The maximum atomic E-state index is 11.8. The second-order valence-electron chi connectivity index (χ2n) is 6.12. The molecule has 0 aromatic rings. The summed E-state index contributed by atoms with van der Waals surface area (Å²) in [6, 6.07) is 0. The van der Waals surface area contributed by atoms with Gasteiger partial charge >= 0.3 is 48.8 Å². The smallest absolute Gasteiger partial charge is 0.361 e. The highest BCUT2D eigenvalue weighted by atomic mass is 17.2. The lowest BCUT2D eigenvalue weighted by Gasteiger charge is -2.22. The summed E-state index contributed by atoms with van der Waals surface area (Å²) in [6.45, 7) is -1.52. The van der Waals surface area contributed by atoms with Crippen LogP contribution in [0.4, 0.5) is 0 Å². The average Bonchev–Trinajstić information content (AvgIpc) is 2.87. The molecule has 0 aliphatic rings. The summed E-state index contributed by atoms with van der Waals surface area (Å²) in [5.74, 6) is -9.77. The van der Waals surface area contributed by atoms with E-state index >= 15 is 0 Å². The molecule has 0 fully saturated rings. The minimum absolute atomic E-state index is 0.182. The molecule has 3 N–H and O–H groups in total. The predicted octanol–water partition coefficient (Wildman–Crippen LogP) is -3.47. The van der Waals surface area contributed by atoms with E-state index in [1.807, 2.05) is 0 Å². The van der Waals surface area contributed by atoms with E-state index in [2.05, 4.69) is 39.1 Å². The van der Waals surface area contributed by atoms with Gasteiger partial charge in [-0.1, -0.05) is 0 Å². The summed E-state index contributed by atoms with van der Waals surface area (Å²) >= 11 is 0. The third-order valence-corrected chi connectivity index (χ3v) is 3.55. The van der Waals surface area contributed by atoms with E-state index in [-0.39, 0.29) is 12.9 Å². The molecule has 202 valence electrons. The fraction of sp³-hybridized carbons (Fsp3) is 0.529. The standard InChI is InChI=1S/C17H20O19/c18-6-10(21)16(27)9(17(28)36-30-8-20)5-15(26)35-34-14(25)4-3-13(24)33-32-12(23)2-1-11(22)31-29-7-19/h7-10,16,18,21,27H,1-6H2. The molecule has 36 heavy (non-hydrogen) atoms. The van der Waals surface area contributed by atoms with Crippen molar-refractivity contribution >= 4 is 48.8 Å². The van der Waals surface area contributed by atoms with Crippen LogP contribution in [0.5, 0.6) is 0 Å². The zero-order valence-electron chi connectivity index (χ0n) is 18.0. The Morgan fingerprint density at radius 3 is 1.42 bits per heavy atom. The molecule has 0 bridgehead atoms. The van der Waals surface area contributed by atoms with E-state index in [1.165, 1.54) is 0 Å². The number of hydrogen-bond donors (Lipinski definition) is 3. The minimum Gasteiger partial charge on any atom is -0.394 e. The molecule has 0 rings (SSSR count). The Bertz CT molecular complexity index is 791. The Hall–Kier alpha value is -4.36. The zero-order valence-corrected chi connectivity index (χ0v) is 18.0. The van der Waals surface area contributed by atoms with Gasteiger partial charge in [-0.15, -0.1) is 0 Å². The van der Waals surface area contributed by atoms with Gasteiger partial charge < -0.3 is 15.3 Å². The second kappa shape index (κ2) is 18.0.